The van der Waals surface area contributed by atoms with E-state index in [1.165, 1.54) is 18.3 Å². The molecule has 5 nitrogen and oxygen atoms in total. The van der Waals surface area contributed by atoms with Crippen molar-refractivity contribution in [2.24, 2.45) is 5.10 Å². The third-order valence-electron chi connectivity index (χ3n) is 3.93. The van der Waals surface area contributed by atoms with Crippen molar-refractivity contribution in [1.82, 2.24) is 0 Å². The molecule has 30 heavy (non-hydrogen) atoms. The summed E-state index contributed by atoms with van der Waals surface area (Å²) in [5.41, 5.74) is 3.82. The molecule has 0 atom stereocenters. The van der Waals surface area contributed by atoms with E-state index in [9.17, 15) is 18.0 Å². The van der Waals surface area contributed by atoms with Crippen molar-refractivity contribution in [2.75, 3.05) is 17.3 Å². The largest absolute Gasteiger partial charge is 0.484 e. The van der Waals surface area contributed by atoms with Gasteiger partial charge in [0.25, 0.3) is 5.91 Å². The van der Waals surface area contributed by atoms with Crippen molar-refractivity contribution >= 4 is 23.5 Å². The molecule has 154 valence electrons. The monoisotopic (exact) mass is 413 g/mol. The van der Waals surface area contributed by atoms with Gasteiger partial charge in [-0.1, -0.05) is 18.2 Å². The molecule has 8 heteroatoms. The summed E-state index contributed by atoms with van der Waals surface area (Å²) in [4.78, 5) is 11.9. The van der Waals surface area contributed by atoms with Gasteiger partial charge in [0.1, 0.15) is 5.75 Å². The SMILES string of the molecule is O=C(COc1ccc(C=NNc2ccc(C(F)(F)F)cc2)cc1)Nc1ccccc1. The number of hydrazone groups is 1. The Morgan fingerprint density at radius 2 is 1.57 bits per heavy atom. The molecule has 0 radical (unpaired) electrons. The first kappa shape index (κ1) is 20.9. The second-order valence-electron chi connectivity index (χ2n) is 6.22. The molecule has 3 aromatic rings. The molecule has 0 aliphatic carbocycles. The average molecular weight is 413 g/mol. The lowest BCUT2D eigenvalue weighted by Crippen LogP contribution is -2.20. The quantitative estimate of drug-likeness (QED) is 0.415. The van der Waals surface area contributed by atoms with Crippen molar-refractivity contribution < 1.29 is 22.7 Å². The number of halogens is 3. The van der Waals surface area contributed by atoms with Crippen molar-refractivity contribution in [2.45, 2.75) is 6.18 Å². The van der Waals surface area contributed by atoms with Crippen LogP contribution in [0.4, 0.5) is 24.5 Å². The minimum absolute atomic E-state index is 0.127. The van der Waals surface area contributed by atoms with Crippen LogP contribution < -0.4 is 15.5 Å². The van der Waals surface area contributed by atoms with Crippen molar-refractivity contribution in [3.05, 3.63) is 90.0 Å². The van der Waals surface area contributed by atoms with Crippen LogP contribution in [0.15, 0.2) is 84.0 Å². The third kappa shape index (κ3) is 6.37. The number of hydrogen-bond donors (Lipinski definition) is 2. The van der Waals surface area contributed by atoms with E-state index in [-0.39, 0.29) is 12.5 Å². The van der Waals surface area contributed by atoms with Crippen molar-refractivity contribution in [1.29, 1.82) is 0 Å². The van der Waals surface area contributed by atoms with Crippen LogP contribution in [0.2, 0.25) is 0 Å². The number of benzene rings is 3. The highest BCUT2D eigenvalue weighted by atomic mass is 19.4. The molecular formula is C22H18F3N3O2. The zero-order chi connectivity index (χ0) is 21.4. The van der Waals surface area contributed by atoms with Crippen LogP contribution in [-0.4, -0.2) is 18.7 Å². The number of rotatable bonds is 7. The topological polar surface area (TPSA) is 62.7 Å². The molecule has 0 aromatic heterocycles. The number of alkyl halides is 3. The molecule has 2 N–H and O–H groups in total. The van der Waals surface area contributed by atoms with Gasteiger partial charge in [-0.05, 0) is 66.2 Å². The van der Waals surface area contributed by atoms with Crippen molar-refractivity contribution in [3.8, 4) is 5.75 Å². The van der Waals surface area contributed by atoms with Crippen LogP contribution in [0.1, 0.15) is 11.1 Å². The standard InChI is InChI=1S/C22H18F3N3O2/c23-22(24,25)17-8-10-19(11-9-17)28-26-14-16-6-12-20(13-7-16)30-15-21(29)27-18-4-2-1-3-5-18/h1-14,28H,15H2,(H,27,29). The molecule has 0 unspecified atom stereocenters. The van der Waals surface area contributed by atoms with E-state index in [0.717, 1.165) is 17.7 Å². The summed E-state index contributed by atoms with van der Waals surface area (Å²) in [6.07, 6.45) is -2.85. The second-order valence-corrected chi connectivity index (χ2v) is 6.22. The van der Waals surface area contributed by atoms with Gasteiger partial charge in [0.15, 0.2) is 6.61 Å². The molecule has 3 rings (SSSR count). The maximum atomic E-state index is 12.5. The molecule has 0 saturated carbocycles. The first-order chi connectivity index (χ1) is 14.4. The summed E-state index contributed by atoms with van der Waals surface area (Å²) in [5, 5.41) is 6.72. The van der Waals surface area contributed by atoms with Crippen LogP contribution >= 0.6 is 0 Å². The predicted octanol–water partition coefficient (Wildman–Crippen LogP) is 5.17. The number of carbonyl (C=O) groups excluding carboxylic acids is 1. The van der Waals surface area contributed by atoms with Gasteiger partial charge >= 0.3 is 6.18 Å². The summed E-state index contributed by atoms with van der Waals surface area (Å²) in [6.45, 7) is -0.127. The zero-order valence-corrected chi connectivity index (χ0v) is 15.7. The third-order valence-corrected chi connectivity index (χ3v) is 3.93. The summed E-state index contributed by atoms with van der Waals surface area (Å²) >= 11 is 0. The Kier molecular flexibility index (Phi) is 6.69. The van der Waals surface area contributed by atoms with Crippen LogP contribution in [0.5, 0.6) is 5.75 Å². The van der Waals surface area contributed by atoms with Crippen LogP contribution in [0.3, 0.4) is 0 Å². The zero-order valence-electron chi connectivity index (χ0n) is 15.7. The minimum atomic E-state index is -4.37. The van der Waals surface area contributed by atoms with E-state index in [2.05, 4.69) is 15.8 Å². The van der Waals surface area contributed by atoms with E-state index >= 15 is 0 Å². The Bertz CT molecular complexity index is 987. The van der Waals surface area contributed by atoms with Gasteiger partial charge in [-0.3, -0.25) is 10.2 Å². The first-order valence-corrected chi connectivity index (χ1v) is 8.94. The van der Waals surface area contributed by atoms with E-state index in [4.69, 9.17) is 4.74 Å². The van der Waals surface area contributed by atoms with Gasteiger partial charge in [-0.15, -0.1) is 0 Å². The fraction of sp³-hybridized carbons (Fsp3) is 0.0909. The molecule has 0 fully saturated rings. The normalized spacial score (nSPS) is 11.3. The summed E-state index contributed by atoms with van der Waals surface area (Å²) in [7, 11) is 0. The van der Waals surface area contributed by atoms with Crippen molar-refractivity contribution in [3.63, 3.8) is 0 Å². The molecule has 3 aromatic carbocycles. The number of nitrogens with zero attached hydrogens (tertiary/aromatic N) is 1. The number of amides is 1. The Morgan fingerprint density at radius 3 is 2.20 bits per heavy atom. The highest BCUT2D eigenvalue weighted by Gasteiger charge is 2.29. The predicted molar refractivity (Wildman–Crippen MR) is 110 cm³/mol. The van der Waals surface area contributed by atoms with Crippen LogP contribution in [-0.2, 0) is 11.0 Å². The maximum Gasteiger partial charge on any atom is 0.416 e. The number of hydrogen-bond acceptors (Lipinski definition) is 4. The smallest absolute Gasteiger partial charge is 0.416 e. The molecule has 0 heterocycles. The summed E-state index contributed by atoms with van der Waals surface area (Å²) < 4.78 is 43.1. The number of nitrogens with one attached hydrogen (secondary N) is 2. The first-order valence-electron chi connectivity index (χ1n) is 8.94. The molecule has 0 bridgehead atoms. The van der Waals surface area contributed by atoms with E-state index in [1.807, 2.05) is 18.2 Å². The Hall–Kier alpha value is -3.81. The summed E-state index contributed by atoms with van der Waals surface area (Å²) in [5.74, 6) is 0.249. The fourth-order valence-electron chi connectivity index (χ4n) is 2.43. The Labute approximate surface area is 171 Å². The number of carbonyl (C=O) groups is 1. The fourth-order valence-corrected chi connectivity index (χ4v) is 2.43. The Balaban J connectivity index is 1.46. The van der Waals surface area contributed by atoms with Gasteiger partial charge in [0, 0.05) is 5.69 Å². The van der Waals surface area contributed by atoms with Gasteiger partial charge in [0.2, 0.25) is 0 Å². The highest BCUT2D eigenvalue weighted by molar-refractivity contribution is 5.91. The number of para-hydroxylation sites is 1. The van der Waals surface area contributed by atoms with Crippen LogP contribution in [0, 0.1) is 0 Å². The Morgan fingerprint density at radius 1 is 0.900 bits per heavy atom. The lowest BCUT2D eigenvalue weighted by molar-refractivity contribution is -0.137. The molecule has 0 aliphatic rings. The molecule has 0 saturated heterocycles. The minimum Gasteiger partial charge on any atom is -0.484 e. The van der Waals surface area contributed by atoms with Gasteiger partial charge in [-0.2, -0.15) is 18.3 Å². The number of anilines is 2. The van der Waals surface area contributed by atoms with Gasteiger partial charge in [0.05, 0.1) is 17.5 Å². The van der Waals surface area contributed by atoms with Crippen LogP contribution in [0.25, 0.3) is 0 Å². The molecule has 0 aliphatic heterocycles. The highest BCUT2D eigenvalue weighted by Crippen LogP contribution is 2.29. The van der Waals surface area contributed by atoms with Gasteiger partial charge in [-0.25, -0.2) is 0 Å². The second kappa shape index (κ2) is 9.60. The molecular weight excluding hydrogens is 395 g/mol. The summed E-state index contributed by atoms with van der Waals surface area (Å²) in [6, 6.07) is 20.5. The van der Waals surface area contributed by atoms with E-state index in [0.29, 0.717) is 17.1 Å². The molecule has 1 amide bonds. The van der Waals surface area contributed by atoms with E-state index < -0.39 is 11.7 Å². The van der Waals surface area contributed by atoms with E-state index in [1.54, 1.807) is 36.4 Å². The lowest BCUT2D eigenvalue weighted by Gasteiger charge is -2.08. The lowest BCUT2D eigenvalue weighted by atomic mass is 10.2. The average Bonchev–Trinajstić information content (AvgIpc) is 2.74. The maximum absolute atomic E-state index is 12.5. The van der Waals surface area contributed by atoms with Gasteiger partial charge < -0.3 is 10.1 Å². The molecule has 0 spiro atoms. The number of ether oxygens (including phenoxy) is 1.